The predicted octanol–water partition coefficient (Wildman–Crippen LogP) is 4.26. The van der Waals surface area contributed by atoms with Gasteiger partial charge < -0.3 is 15.4 Å². The number of aromatic nitrogens is 1. The molecule has 0 atom stereocenters. The van der Waals surface area contributed by atoms with E-state index >= 15 is 0 Å². The molecule has 2 heterocycles. The van der Waals surface area contributed by atoms with Crippen LogP contribution in [0.25, 0.3) is 21.9 Å². The quantitative estimate of drug-likeness (QED) is 0.740. The zero-order chi connectivity index (χ0) is 19.5. The standard InChI is InChI=1S/C23H25N3O2/c1-2-23(27)26-11-9-21(10-12-26)28-20-7-5-16(6-8-20)17-3-4-18-15-25-22(24)14-19(18)13-17/h3-8,13-15,21H,2,9-12H2,1H3,(H2,24,25). The number of carbonyl (C=O) groups excluding carboxylic acids is 1. The molecular weight excluding hydrogens is 350 g/mol. The average Bonchev–Trinajstić information content (AvgIpc) is 2.73. The SMILES string of the molecule is CCC(=O)N1CCC(Oc2ccc(-c3ccc4cnc(N)cc4c3)cc2)CC1. The van der Waals surface area contributed by atoms with Gasteiger partial charge in [0.15, 0.2) is 0 Å². The van der Waals surface area contributed by atoms with E-state index in [-0.39, 0.29) is 12.0 Å². The number of nitrogens with zero attached hydrogens (tertiary/aromatic N) is 2. The minimum Gasteiger partial charge on any atom is -0.490 e. The number of piperidine rings is 1. The number of hydrogen-bond acceptors (Lipinski definition) is 4. The Kier molecular flexibility index (Phi) is 5.15. The van der Waals surface area contributed by atoms with Crippen LogP contribution in [0, 0.1) is 0 Å². The second kappa shape index (κ2) is 7.89. The van der Waals surface area contributed by atoms with Crippen molar-refractivity contribution in [3.05, 3.63) is 54.7 Å². The van der Waals surface area contributed by atoms with Gasteiger partial charge in [0, 0.05) is 43.9 Å². The minimum absolute atomic E-state index is 0.169. The van der Waals surface area contributed by atoms with Crippen LogP contribution in [0.5, 0.6) is 5.75 Å². The maximum Gasteiger partial charge on any atom is 0.222 e. The number of hydrogen-bond donors (Lipinski definition) is 1. The molecule has 0 bridgehead atoms. The lowest BCUT2D eigenvalue weighted by molar-refractivity contribution is -0.132. The highest BCUT2D eigenvalue weighted by atomic mass is 16.5. The van der Waals surface area contributed by atoms with Crippen LogP contribution in [0.3, 0.4) is 0 Å². The monoisotopic (exact) mass is 375 g/mol. The first-order chi connectivity index (χ1) is 13.6. The molecule has 0 radical (unpaired) electrons. The van der Waals surface area contributed by atoms with Gasteiger partial charge in [0.25, 0.3) is 0 Å². The van der Waals surface area contributed by atoms with E-state index in [1.807, 2.05) is 30.0 Å². The van der Waals surface area contributed by atoms with Gasteiger partial charge in [-0.25, -0.2) is 4.98 Å². The predicted molar refractivity (Wildman–Crippen MR) is 112 cm³/mol. The number of ether oxygens (including phenoxy) is 1. The summed E-state index contributed by atoms with van der Waals surface area (Å²) in [5, 5.41) is 2.16. The maximum atomic E-state index is 11.8. The van der Waals surface area contributed by atoms with Gasteiger partial charge in [-0.2, -0.15) is 0 Å². The van der Waals surface area contributed by atoms with Gasteiger partial charge in [0.2, 0.25) is 5.91 Å². The van der Waals surface area contributed by atoms with Gasteiger partial charge in [-0.15, -0.1) is 0 Å². The van der Waals surface area contributed by atoms with Crippen molar-refractivity contribution in [2.45, 2.75) is 32.3 Å². The van der Waals surface area contributed by atoms with Gasteiger partial charge in [-0.05, 0) is 40.8 Å². The van der Waals surface area contributed by atoms with E-state index in [0.717, 1.165) is 53.6 Å². The summed E-state index contributed by atoms with van der Waals surface area (Å²) < 4.78 is 6.13. The summed E-state index contributed by atoms with van der Waals surface area (Å²) in [7, 11) is 0. The lowest BCUT2D eigenvalue weighted by atomic mass is 10.0. The fraction of sp³-hybridized carbons (Fsp3) is 0.304. The third-order valence-corrected chi connectivity index (χ3v) is 5.33. The first kappa shape index (κ1) is 18.3. The topological polar surface area (TPSA) is 68.5 Å². The van der Waals surface area contributed by atoms with Crippen molar-refractivity contribution < 1.29 is 9.53 Å². The maximum absolute atomic E-state index is 11.8. The van der Waals surface area contributed by atoms with Crippen molar-refractivity contribution in [3.63, 3.8) is 0 Å². The average molecular weight is 375 g/mol. The van der Waals surface area contributed by atoms with Crippen molar-refractivity contribution in [1.29, 1.82) is 0 Å². The molecule has 5 nitrogen and oxygen atoms in total. The fourth-order valence-corrected chi connectivity index (χ4v) is 3.70. The molecule has 0 aliphatic carbocycles. The third kappa shape index (κ3) is 3.93. The third-order valence-electron chi connectivity index (χ3n) is 5.33. The van der Waals surface area contributed by atoms with E-state index in [9.17, 15) is 4.79 Å². The molecule has 28 heavy (non-hydrogen) atoms. The largest absolute Gasteiger partial charge is 0.490 e. The molecule has 0 spiro atoms. The lowest BCUT2D eigenvalue weighted by Gasteiger charge is -2.32. The molecule has 1 aromatic heterocycles. The minimum atomic E-state index is 0.169. The highest BCUT2D eigenvalue weighted by Crippen LogP contribution is 2.27. The zero-order valence-electron chi connectivity index (χ0n) is 16.1. The normalized spacial score (nSPS) is 15.0. The number of nitrogens with two attached hydrogens (primary N) is 1. The molecule has 1 amide bonds. The van der Waals surface area contributed by atoms with Gasteiger partial charge in [0.05, 0.1) is 0 Å². The Morgan fingerprint density at radius 3 is 2.50 bits per heavy atom. The Hall–Kier alpha value is -3.08. The summed E-state index contributed by atoms with van der Waals surface area (Å²) in [6, 6.07) is 16.4. The molecule has 144 valence electrons. The van der Waals surface area contributed by atoms with E-state index in [1.165, 1.54) is 0 Å². The van der Waals surface area contributed by atoms with Crippen LogP contribution in [0.15, 0.2) is 54.7 Å². The highest BCUT2D eigenvalue weighted by Gasteiger charge is 2.22. The van der Waals surface area contributed by atoms with Crippen LogP contribution in [0.1, 0.15) is 26.2 Å². The summed E-state index contributed by atoms with van der Waals surface area (Å²) in [6.45, 7) is 3.48. The number of anilines is 1. The van der Waals surface area contributed by atoms with E-state index in [1.54, 1.807) is 6.20 Å². The van der Waals surface area contributed by atoms with Crippen molar-refractivity contribution in [2.24, 2.45) is 0 Å². The summed E-state index contributed by atoms with van der Waals surface area (Å²) in [5.74, 6) is 1.63. The first-order valence-electron chi connectivity index (χ1n) is 9.82. The summed E-state index contributed by atoms with van der Waals surface area (Å²) in [5.41, 5.74) is 8.07. The molecule has 0 saturated carbocycles. The van der Waals surface area contributed by atoms with Crippen molar-refractivity contribution in [3.8, 4) is 16.9 Å². The number of nitrogen functional groups attached to an aromatic ring is 1. The van der Waals surface area contributed by atoms with Crippen LogP contribution < -0.4 is 10.5 Å². The Labute approximate surface area is 165 Å². The molecule has 5 heteroatoms. The molecule has 3 aromatic rings. The lowest BCUT2D eigenvalue weighted by Crippen LogP contribution is -2.41. The Balaban J connectivity index is 1.42. The molecule has 0 unspecified atom stereocenters. The van der Waals surface area contributed by atoms with E-state index in [0.29, 0.717) is 12.2 Å². The molecular formula is C23H25N3O2. The van der Waals surface area contributed by atoms with Crippen LogP contribution >= 0.6 is 0 Å². The number of amides is 1. The molecule has 1 fully saturated rings. The number of carbonyl (C=O) groups is 1. The van der Waals surface area contributed by atoms with Crippen LogP contribution in [0.4, 0.5) is 5.82 Å². The van der Waals surface area contributed by atoms with Crippen molar-refractivity contribution in [1.82, 2.24) is 9.88 Å². The second-order valence-corrected chi connectivity index (χ2v) is 7.25. The molecule has 2 aromatic carbocycles. The van der Waals surface area contributed by atoms with Crippen LogP contribution in [-0.2, 0) is 4.79 Å². The summed E-state index contributed by atoms with van der Waals surface area (Å²) in [6.07, 6.45) is 4.31. The number of pyridine rings is 1. The number of benzene rings is 2. The first-order valence-corrected chi connectivity index (χ1v) is 9.82. The Morgan fingerprint density at radius 1 is 1.07 bits per heavy atom. The molecule has 1 aliphatic rings. The van der Waals surface area contributed by atoms with Gasteiger partial charge in [0.1, 0.15) is 17.7 Å². The second-order valence-electron chi connectivity index (χ2n) is 7.25. The smallest absolute Gasteiger partial charge is 0.222 e. The Morgan fingerprint density at radius 2 is 1.79 bits per heavy atom. The molecule has 2 N–H and O–H groups in total. The van der Waals surface area contributed by atoms with Crippen LogP contribution in [-0.4, -0.2) is 35.0 Å². The van der Waals surface area contributed by atoms with Crippen molar-refractivity contribution in [2.75, 3.05) is 18.8 Å². The van der Waals surface area contributed by atoms with Crippen molar-refractivity contribution >= 4 is 22.5 Å². The van der Waals surface area contributed by atoms with Crippen LogP contribution in [0.2, 0.25) is 0 Å². The molecule has 4 rings (SSSR count). The van der Waals surface area contributed by atoms with E-state index in [2.05, 4.69) is 35.3 Å². The fourth-order valence-electron chi connectivity index (χ4n) is 3.70. The number of likely N-dealkylation sites (tertiary alicyclic amines) is 1. The number of fused-ring (bicyclic) bond motifs is 1. The van der Waals surface area contributed by atoms with E-state index in [4.69, 9.17) is 10.5 Å². The zero-order valence-corrected chi connectivity index (χ0v) is 16.1. The van der Waals surface area contributed by atoms with E-state index < -0.39 is 0 Å². The van der Waals surface area contributed by atoms with Gasteiger partial charge >= 0.3 is 0 Å². The summed E-state index contributed by atoms with van der Waals surface area (Å²) >= 11 is 0. The molecule has 1 saturated heterocycles. The molecule has 1 aliphatic heterocycles. The summed E-state index contributed by atoms with van der Waals surface area (Å²) in [4.78, 5) is 17.9. The Bertz CT molecular complexity index is 977. The van der Waals surface area contributed by atoms with Gasteiger partial charge in [-0.3, -0.25) is 4.79 Å². The number of rotatable bonds is 4. The van der Waals surface area contributed by atoms with Gasteiger partial charge in [-0.1, -0.05) is 31.2 Å². The highest BCUT2D eigenvalue weighted by molar-refractivity contribution is 5.88.